The van der Waals surface area contributed by atoms with E-state index in [1.165, 1.54) is 18.2 Å². The molecule has 0 fully saturated rings. The lowest BCUT2D eigenvalue weighted by Gasteiger charge is -2.08. The third kappa shape index (κ3) is 6.93. The van der Waals surface area contributed by atoms with Gasteiger partial charge in [0.05, 0.1) is 19.1 Å². The highest BCUT2D eigenvalue weighted by Crippen LogP contribution is 2.28. The van der Waals surface area contributed by atoms with Crippen molar-refractivity contribution >= 4 is 27.7 Å². The predicted octanol–water partition coefficient (Wildman–Crippen LogP) is 3.88. The van der Waals surface area contributed by atoms with Gasteiger partial charge in [0.15, 0.2) is 11.5 Å². The maximum atomic E-state index is 12.5. The Labute approximate surface area is 194 Å². The lowest BCUT2D eigenvalue weighted by atomic mass is 10.2. The molecule has 3 rings (SSSR count). The van der Waals surface area contributed by atoms with E-state index in [4.69, 9.17) is 9.47 Å². The molecular weight excluding hydrogens is 440 g/mol. The normalized spacial score (nSPS) is 11.3. The SMILES string of the molecule is COc1ccc(/C=C/C(=O)Nc2ccc(S(=O)(=O)NCCc3ccccc3)cc2)cc1OC. The summed E-state index contributed by atoms with van der Waals surface area (Å²) in [4.78, 5) is 12.4. The first-order valence-corrected chi connectivity index (χ1v) is 11.7. The van der Waals surface area contributed by atoms with Gasteiger partial charge in [0.25, 0.3) is 0 Å². The Bertz CT molecular complexity index is 1210. The molecule has 3 aromatic carbocycles. The number of benzene rings is 3. The zero-order valence-corrected chi connectivity index (χ0v) is 19.3. The summed E-state index contributed by atoms with van der Waals surface area (Å²) in [6, 6.07) is 21.0. The van der Waals surface area contributed by atoms with Gasteiger partial charge in [-0.3, -0.25) is 4.79 Å². The maximum absolute atomic E-state index is 12.5. The number of anilines is 1. The van der Waals surface area contributed by atoms with Gasteiger partial charge in [0.1, 0.15) is 0 Å². The highest BCUT2D eigenvalue weighted by atomic mass is 32.2. The lowest BCUT2D eigenvalue weighted by Crippen LogP contribution is -2.26. The van der Waals surface area contributed by atoms with Crippen LogP contribution in [0.4, 0.5) is 5.69 Å². The zero-order valence-electron chi connectivity index (χ0n) is 18.4. The summed E-state index contributed by atoms with van der Waals surface area (Å²) in [5.74, 6) is 0.819. The van der Waals surface area contributed by atoms with Gasteiger partial charge in [-0.2, -0.15) is 0 Å². The van der Waals surface area contributed by atoms with Crippen LogP contribution in [0.3, 0.4) is 0 Å². The average Bonchev–Trinajstić information content (AvgIpc) is 2.83. The van der Waals surface area contributed by atoms with Crippen LogP contribution >= 0.6 is 0 Å². The van der Waals surface area contributed by atoms with Crippen molar-refractivity contribution in [2.45, 2.75) is 11.3 Å². The maximum Gasteiger partial charge on any atom is 0.248 e. The van der Waals surface area contributed by atoms with Crippen LogP contribution in [0.1, 0.15) is 11.1 Å². The molecule has 0 aliphatic rings. The van der Waals surface area contributed by atoms with Crippen molar-refractivity contribution in [2.24, 2.45) is 0 Å². The van der Waals surface area contributed by atoms with Crippen molar-refractivity contribution in [3.63, 3.8) is 0 Å². The summed E-state index contributed by atoms with van der Waals surface area (Å²) in [6.07, 6.45) is 3.63. The second kappa shape index (κ2) is 11.3. The van der Waals surface area contributed by atoms with E-state index in [1.54, 1.807) is 50.6 Å². The molecule has 8 heteroatoms. The van der Waals surface area contributed by atoms with Gasteiger partial charge in [-0.05, 0) is 60.0 Å². The lowest BCUT2D eigenvalue weighted by molar-refractivity contribution is -0.111. The summed E-state index contributed by atoms with van der Waals surface area (Å²) >= 11 is 0. The number of sulfonamides is 1. The Morgan fingerprint density at radius 2 is 1.61 bits per heavy atom. The number of hydrogen-bond acceptors (Lipinski definition) is 5. The molecule has 0 unspecified atom stereocenters. The van der Waals surface area contributed by atoms with Crippen molar-refractivity contribution in [2.75, 3.05) is 26.1 Å². The average molecular weight is 467 g/mol. The van der Waals surface area contributed by atoms with Crippen LogP contribution in [-0.4, -0.2) is 35.1 Å². The molecule has 0 saturated carbocycles. The number of hydrogen-bond donors (Lipinski definition) is 2. The Balaban J connectivity index is 1.56. The molecule has 33 heavy (non-hydrogen) atoms. The van der Waals surface area contributed by atoms with E-state index in [0.29, 0.717) is 30.2 Å². The van der Waals surface area contributed by atoms with Crippen molar-refractivity contribution < 1.29 is 22.7 Å². The van der Waals surface area contributed by atoms with Crippen LogP contribution in [0.2, 0.25) is 0 Å². The van der Waals surface area contributed by atoms with Crippen LogP contribution in [-0.2, 0) is 21.2 Å². The van der Waals surface area contributed by atoms with Gasteiger partial charge < -0.3 is 14.8 Å². The van der Waals surface area contributed by atoms with E-state index >= 15 is 0 Å². The number of carbonyl (C=O) groups excluding carboxylic acids is 1. The molecule has 172 valence electrons. The fraction of sp³-hybridized carbons (Fsp3) is 0.160. The Morgan fingerprint density at radius 1 is 0.909 bits per heavy atom. The Morgan fingerprint density at radius 3 is 2.27 bits per heavy atom. The topological polar surface area (TPSA) is 93.7 Å². The number of amides is 1. The van der Waals surface area contributed by atoms with E-state index in [-0.39, 0.29) is 10.8 Å². The summed E-state index contributed by atoms with van der Waals surface area (Å²) < 4.78 is 38.0. The third-order valence-corrected chi connectivity index (χ3v) is 6.29. The summed E-state index contributed by atoms with van der Waals surface area (Å²) in [5, 5.41) is 2.71. The monoisotopic (exact) mass is 466 g/mol. The largest absolute Gasteiger partial charge is 0.493 e. The number of ether oxygens (including phenoxy) is 2. The molecule has 0 heterocycles. The van der Waals surface area contributed by atoms with Crippen molar-refractivity contribution in [3.8, 4) is 11.5 Å². The van der Waals surface area contributed by atoms with Gasteiger partial charge >= 0.3 is 0 Å². The molecule has 0 spiro atoms. The Hall–Kier alpha value is -3.62. The number of carbonyl (C=O) groups is 1. The van der Waals surface area contributed by atoms with Gasteiger partial charge in [0, 0.05) is 18.3 Å². The van der Waals surface area contributed by atoms with E-state index in [1.807, 2.05) is 30.3 Å². The van der Waals surface area contributed by atoms with Gasteiger partial charge in [0.2, 0.25) is 15.9 Å². The first kappa shape index (κ1) is 24.0. The second-order valence-corrected chi connectivity index (χ2v) is 8.86. The van der Waals surface area contributed by atoms with Crippen molar-refractivity contribution in [3.05, 3.63) is 90.0 Å². The standard InChI is InChI=1S/C25H26N2O5S/c1-31-23-14-8-20(18-24(23)32-2)9-15-25(28)27-21-10-12-22(13-11-21)33(29,30)26-17-16-19-6-4-3-5-7-19/h3-15,18,26H,16-17H2,1-2H3,(H,27,28)/b15-9+. The minimum Gasteiger partial charge on any atom is -0.493 e. The fourth-order valence-electron chi connectivity index (χ4n) is 3.09. The zero-order chi connectivity index (χ0) is 23.7. The van der Waals surface area contributed by atoms with E-state index in [0.717, 1.165) is 11.1 Å². The molecule has 0 saturated heterocycles. The number of methoxy groups -OCH3 is 2. The number of rotatable bonds is 10. The summed E-state index contributed by atoms with van der Waals surface area (Å²) in [7, 11) is -0.537. The Kier molecular flexibility index (Phi) is 8.23. The van der Waals surface area contributed by atoms with E-state index in [2.05, 4.69) is 10.0 Å². The van der Waals surface area contributed by atoms with E-state index < -0.39 is 10.0 Å². The van der Waals surface area contributed by atoms with Crippen LogP contribution in [0.5, 0.6) is 11.5 Å². The molecule has 0 aliphatic carbocycles. The van der Waals surface area contributed by atoms with Crippen LogP contribution in [0.25, 0.3) is 6.08 Å². The van der Waals surface area contributed by atoms with Crippen LogP contribution in [0, 0.1) is 0 Å². The first-order valence-electron chi connectivity index (χ1n) is 10.3. The molecule has 2 N–H and O–H groups in total. The van der Waals surface area contributed by atoms with E-state index in [9.17, 15) is 13.2 Å². The predicted molar refractivity (Wildman–Crippen MR) is 129 cm³/mol. The minimum absolute atomic E-state index is 0.134. The summed E-state index contributed by atoms with van der Waals surface area (Å²) in [6.45, 7) is 0.297. The van der Waals surface area contributed by atoms with Gasteiger partial charge in [-0.15, -0.1) is 0 Å². The molecule has 0 aliphatic heterocycles. The van der Waals surface area contributed by atoms with Crippen LogP contribution in [0.15, 0.2) is 83.8 Å². The van der Waals surface area contributed by atoms with Gasteiger partial charge in [-0.25, -0.2) is 13.1 Å². The van der Waals surface area contributed by atoms with Crippen molar-refractivity contribution in [1.82, 2.24) is 4.72 Å². The molecule has 0 aromatic heterocycles. The van der Waals surface area contributed by atoms with Crippen LogP contribution < -0.4 is 19.5 Å². The molecule has 0 bridgehead atoms. The van der Waals surface area contributed by atoms with Crippen molar-refractivity contribution in [1.29, 1.82) is 0 Å². The highest BCUT2D eigenvalue weighted by molar-refractivity contribution is 7.89. The third-order valence-electron chi connectivity index (χ3n) is 4.82. The molecule has 0 atom stereocenters. The molecule has 7 nitrogen and oxygen atoms in total. The van der Waals surface area contributed by atoms with Gasteiger partial charge in [-0.1, -0.05) is 36.4 Å². The molecule has 0 radical (unpaired) electrons. The highest BCUT2D eigenvalue weighted by Gasteiger charge is 2.13. The smallest absolute Gasteiger partial charge is 0.248 e. The number of nitrogens with one attached hydrogen (secondary N) is 2. The minimum atomic E-state index is -3.63. The molecule has 1 amide bonds. The quantitative estimate of drug-likeness (QED) is 0.443. The second-order valence-electron chi connectivity index (χ2n) is 7.09. The summed E-state index contributed by atoms with van der Waals surface area (Å²) in [5.41, 5.74) is 2.31. The molecule has 3 aromatic rings. The molecular formula is C25H26N2O5S. The fourth-order valence-corrected chi connectivity index (χ4v) is 4.12. The first-order chi connectivity index (χ1) is 15.9.